The lowest BCUT2D eigenvalue weighted by molar-refractivity contribution is 0.110. The third-order valence-electron chi connectivity index (χ3n) is 5.34. The molecule has 3 aromatic rings. The van der Waals surface area contributed by atoms with E-state index < -0.39 is 17.7 Å². The zero-order chi connectivity index (χ0) is 19.0. The van der Waals surface area contributed by atoms with Crippen molar-refractivity contribution in [1.82, 2.24) is 9.47 Å². The van der Waals surface area contributed by atoms with Gasteiger partial charge in [0, 0.05) is 68.5 Å². The highest BCUT2D eigenvalue weighted by Gasteiger charge is 2.23. The number of fused-ring (bicyclic) bond motifs is 1. The van der Waals surface area contributed by atoms with Crippen LogP contribution >= 0.6 is 0 Å². The third kappa shape index (κ3) is 3.55. The number of halogens is 2. The summed E-state index contributed by atoms with van der Waals surface area (Å²) < 4.78 is 29.1. The molecule has 4 rings (SSSR count). The van der Waals surface area contributed by atoms with Crippen molar-refractivity contribution in [2.24, 2.45) is 7.05 Å². The summed E-state index contributed by atoms with van der Waals surface area (Å²) in [5.41, 5.74) is 2.47. The van der Waals surface area contributed by atoms with E-state index in [2.05, 4.69) is 4.90 Å². The maximum Gasteiger partial charge on any atom is 0.149 e. The normalized spacial score (nSPS) is 16.8. The number of rotatable bonds is 4. The maximum atomic E-state index is 14.0. The number of hydrogen-bond donors (Lipinski definition) is 1. The second-order valence-corrected chi connectivity index (χ2v) is 7.11. The molecule has 0 amide bonds. The first-order chi connectivity index (χ1) is 13.0. The molecule has 142 valence electrons. The molecule has 4 nitrogen and oxygen atoms in total. The number of aromatic nitrogens is 1. The summed E-state index contributed by atoms with van der Waals surface area (Å²) in [4.78, 5) is 4.11. The van der Waals surface area contributed by atoms with Crippen molar-refractivity contribution in [3.63, 3.8) is 0 Å². The molecule has 6 heteroatoms. The van der Waals surface area contributed by atoms with E-state index in [0.717, 1.165) is 35.6 Å². The summed E-state index contributed by atoms with van der Waals surface area (Å²) in [5.74, 6) is -1.09. The van der Waals surface area contributed by atoms with Gasteiger partial charge in [0.25, 0.3) is 0 Å². The summed E-state index contributed by atoms with van der Waals surface area (Å²) in [6.07, 6.45) is 1.41. The van der Waals surface area contributed by atoms with E-state index in [4.69, 9.17) is 0 Å². The molecule has 0 bridgehead atoms. The topological polar surface area (TPSA) is 31.6 Å². The zero-order valence-electron chi connectivity index (χ0n) is 15.3. The van der Waals surface area contributed by atoms with Crippen LogP contribution in [0.5, 0.6) is 0 Å². The highest BCUT2D eigenvalue weighted by Crippen LogP contribution is 2.27. The Hall–Kier alpha value is -2.44. The van der Waals surface area contributed by atoms with Gasteiger partial charge in [0.05, 0.1) is 11.8 Å². The van der Waals surface area contributed by atoms with E-state index >= 15 is 0 Å². The molecule has 2 heterocycles. The van der Waals surface area contributed by atoms with Gasteiger partial charge in [-0.05, 0) is 18.2 Å². The van der Waals surface area contributed by atoms with Crippen LogP contribution in [-0.4, -0.2) is 47.3 Å². The Morgan fingerprint density at radius 1 is 1.04 bits per heavy atom. The van der Waals surface area contributed by atoms with E-state index in [1.165, 1.54) is 12.1 Å². The molecule has 0 spiro atoms. The molecule has 1 saturated heterocycles. The van der Waals surface area contributed by atoms with Crippen LogP contribution in [0.25, 0.3) is 10.9 Å². The second-order valence-electron chi connectivity index (χ2n) is 7.11. The molecule has 1 atom stereocenters. The summed E-state index contributed by atoms with van der Waals surface area (Å²) in [5, 5.41) is 11.8. The first-order valence-electron chi connectivity index (χ1n) is 9.17. The SMILES string of the molecule is Cn1cc([C@@H](O)CN2CCN(c3ccc(F)cc3F)CC2)c2ccccc21. The van der Waals surface area contributed by atoms with Crippen LogP contribution in [0, 0.1) is 11.6 Å². The van der Waals surface area contributed by atoms with Crippen LogP contribution in [0.3, 0.4) is 0 Å². The maximum absolute atomic E-state index is 14.0. The summed E-state index contributed by atoms with van der Waals surface area (Å²) in [6, 6.07) is 11.7. The van der Waals surface area contributed by atoms with E-state index in [0.29, 0.717) is 25.3 Å². The first-order valence-corrected chi connectivity index (χ1v) is 9.17. The molecule has 1 aliphatic rings. The van der Waals surface area contributed by atoms with Gasteiger partial charge in [-0.25, -0.2) is 8.78 Å². The highest BCUT2D eigenvalue weighted by molar-refractivity contribution is 5.84. The molecular formula is C21H23F2N3O. The van der Waals surface area contributed by atoms with Crippen LogP contribution in [0.4, 0.5) is 14.5 Å². The van der Waals surface area contributed by atoms with Crippen LogP contribution in [0.1, 0.15) is 11.7 Å². The summed E-state index contributed by atoms with van der Waals surface area (Å²) in [7, 11) is 1.98. The molecule has 1 N–H and O–H groups in total. The smallest absolute Gasteiger partial charge is 0.149 e. The number of β-amino-alcohol motifs (C(OH)–C–C–N with tert-alkyl or cyclic N) is 1. The Balaban J connectivity index is 1.41. The van der Waals surface area contributed by atoms with Crippen LogP contribution in [0.15, 0.2) is 48.7 Å². The summed E-state index contributed by atoms with van der Waals surface area (Å²) in [6.45, 7) is 3.26. The van der Waals surface area contributed by atoms with Crippen LogP contribution < -0.4 is 4.90 Å². The number of para-hydroxylation sites is 1. The third-order valence-corrected chi connectivity index (χ3v) is 5.34. The number of nitrogens with zero attached hydrogens (tertiary/aromatic N) is 3. The minimum Gasteiger partial charge on any atom is -0.387 e. The molecule has 0 aliphatic carbocycles. The van der Waals surface area contributed by atoms with E-state index in [1.807, 2.05) is 47.0 Å². The number of benzene rings is 2. The molecule has 1 aliphatic heterocycles. The van der Waals surface area contributed by atoms with Crippen molar-refractivity contribution < 1.29 is 13.9 Å². The van der Waals surface area contributed by atoms with Gasteiger partial charge in [0.1, 0.15) is 11.6 Å². The molecule has 1 fully saturated rings. The molecule has 0 saturated carbocycles. The quantitative estimate of drug-likeness (QED) is 0.764. The first kappa shape index (κ1) is 17.9. The van der Waals surface area contributed by atoms with Crippen molar-refractivity contribution in [1.29, 1.82) is 0 Å². The van der Waals surface area contributed by atoms with Gasteiger partial charge in [0.15, 0.2) is 0 Å². The zero-order valence-corrected chi connectivity index (χ0v) is 15.3. The summed E-state index contributed by atoms with van der Waals surface area (Å²) >= 11 is 0. The lowest BCUT2D eigenvalue weighted by Gasteiger charge is -2.37. The van der Waals surface area contributed by atoms with Crippen LogP contribution in [0.2, 0.25) is 0 Å². The fourth-order valence-corrected chi connectivity index (χ4v) is 3.89. The minimum atomic E-state index is -0.579. The Kier molecular flexibility index (Phi) is 4.85. The van der Waals surface area contributed by atoms with Gasteiger partial charge in [-0.3, -0.25) is 4.90 Å². The largest absolute Gasteiger partial charge is 0.387 e. The Labute approximate surface area is 157 Å². The number of hydrogen-bond acceptors (Lipinski definition) is 3. The van der Waals surface area contributed by atoms with Gasteiger partial charge < -0.3 is 14.6 Å². The van der Waals surface area contributed by atoms with E-state index in [-0.39, 0.29) is 0 Å². The van der Waals surface area contributed by atoms with Crippen LogP contribution in [-0.2, 0) is 7.05 Å². The van der Waals surface area contributed by atoms with Crippen molar-refractivity contribution in [2.45, 2.75) is 6.10 Å². The van der Waals surface area contributed by atoms with Gasteiger partial charge in [-0.1, -0.05) is 18.2 Å². The van der Waals surface area contributed by atoms with Gasteiger partial charge in [-0.2, -0.15) is 0 Å². The minimum absolute atomic E-state index is 0.436. The molecule has 27 heavy (non-hydrogen) atoms. The number of anilines is 1. The van der Waals surface area contributed by atoms with E-state index in [9.17, 15) is 13.9 Å². The predicted molar refractivity (Wildman–Crippen MR) is 103 cm³/mol. The van der Waals surface area contributed by atoms with Crippen molar-refractivity contribution in [2.75, 3.05) is 37.6 Å². The van der Waals surface area contributed by atoms with Gasteiger partial charge in [-0.15, -0.1) is 0 Å². The Morgan fingerprint density at radius 3 is 2.52 bits per heavy atom. The standard InChI is InChI=1S/C21H23F2N3O/c1-24-13-17(16-4-2-3-5-19(16)24)21(27)14-25-8-10-26(11-9-25)20-7-6-15(22)12-18(20)23/h2-7,12-13,21,27H,8-11,14H2,1H3/t21-/m0/s1. The lowest BCUT2D eigenvalue weighted by atomic mass is 10.1. The average Bonchev–Trinajstić information content (AvgIpc) is 3.00. The molecule has 0 unspecified atom stereocenters. The second kappa shape index (κ2) is 7.29. The van der Waals surface area contributed by atoms with Gasteiger partial charge >= 0.3 is 0 Å². The monoisotopic (exact) mass is 371 g/mol. The Bertz CT molecular complexity index is 948. The molecular weight excluding hydrogens is 348 g/mol. The molecule has 2 aromatic carbocycles. The fraction of sp³-hybridized carbons (Fsp3) is 0.333. The van der Waals surface area contributed by atoms with Crippen molar-refractivity contribution in [3.05, 3.63) is 65.9 Å². The average molecular weight is 371 g/mol. The highest BCUT2D eigenvalue weighted by atomic mass is 19.1. The number of aliphatic hydroxyl groups is 1. The van der Waals surface area contributed by atoms with Crippen molar-refractivity contribution >= 4 is 16.6 Å². The van der Waals surface area contributed by atoms with E-state index in [1.54, 1.807) is 0 Å². The molecule has 1 aromatic heterocycles. The fourth-order valence-electron chi connectivity index (χ4n) is 3.89. The van der Waals surface area contributed by atoms with Gasteiger partial charge in [0.2, 0.25) is 0 Å². The predicted octanol–water partition coefficient (Wildman–Crippen LogP) is 3.31. The number of aryl methyl sites for hydroxylation is 1. The lowest BCUT2D eigenvalue weighted by Crippen LogP contribution is -2.47. The molecule has 0 radical (unpaired) electrons. The Morgan fingerprint density at radius 2 is 1.78 bits per heavy atom. The number of piperazine rings is 1. The number of aliphatic hydroxyl groups excluding tert-OH is 1. The van der Waals surface area contributed by atoms with Crippen molar-refractivity contribution in [3.8, 4) is 0 Å².